The quantitative estimate of drug-likeness (QED) is 0.522. The topological polar surface area (TPSA) is 124 Å². The molecule has 1 saturated heterocycles. The highest BCUT2D eigenvalue weighted by Gasteiger charge is 2.37. The maximum absolute atomic E-state index is 12.8. The molecule has 8 nitrogen and oxygen atoms in total. The van der Waals surface area contributed by atoms with E-state index < -0.39 is 37.5 Å². The van der Waals surface area contributed by atoms with Gasteiger partial charge >= 0.3 is 5.97 Å². The van der Waals surface area contributed by atoms with E-state index >= 15 is 0 Å². The number of benzene rings is 1. The number of nitrogens with one attached hydrogen (secondary N) is 1. The van der Waals surface area contributed by atoms with Crippen molar-refractivity contribution < 1.29 is 28.9 Å². The van der Waals surface area contributed by atoms with Gasteiger partial charge in [0.2, 0.25) is 13.3 Å². The van der Waals surface area contributed by atoms with Crippen molar-refractivity contribution >= 4 is 25.2 Å². The lowest BCUT2D eigenvalue weighted by Crippen LogP contribution is -2.43. The Morgan fingerprint density at radius 1 is 1.24 bits per heavy atom. The Hall–Kier alpha value is -2.18. The predicted octanol–water partition coefficient (Wildman–Crippen LogP) is 2.18. The third-order valence-corrected chi connectivity index (χ3v) is 6.65. The summed E-state index contributed by atoms with van der Waals surface area (Å²) < 4.78 is 12.8. The molecular formula is C20H29N2O6P. The number of nitrogens with zero attached hydrogens (tertiary/aromatic N) is 1. The van der Waals surface area contributed by atoms with Crippen molar-refractivity contribution in [1.82, 2.24) is 10.2 Å². The molecule has 1 fully saturated rings. The molecule has 1 aromatic rings. The van der Waals surface area contributed by atoms with E-state index in [1.54, 1.807) is 30.3 Å². The minimum Gasteiger partial charge on any atom is -0.480 e. The molecule has 1 heterocycles. The Bertz CT molecular complexity index is 782. The van der Waals surface area contributed by atoms with Gasteiger partial charge in [0.15, 0.2) is 0 Å². The van der Waals surface area contributed by atoms with Gasteiger partial charge in [0.25, 0.3) is 5.91 Å². The molecule has 160 valence electrons. The third-order valence-electron chi connectivity index (χ3n) is 4.87. The number of amides is 2. The van der Waals surface area contributed by atoms with Gasteiger partial charge in [-0.25, -0.2) is 4.79 Å². The molecule has 0 radical (unpaired) electrons. The van der Waals surface area contributed by atoms with Crippen molar-refractivity contribution in [1.29, 1.82) is 0 Å². The normalized spacial score (nSPS) is 19.6. The zero-order valence-electron chi connectivity index (χ0n) is 16.8. The summed E-state index contributed by atoms with van der Waals surface area (Å²) in [6, 6.07) is 7.06. The van der Waals surface area contributed by atoms with E-state index in [2.05, 4.69) is 5.32 Å². The Balaban J connectivity index is 2.04. The van der Waals surface area contributed by atoms with Gasteiger partial charge in [0.05, 0.1) is 0 Å². The SMILES string of the molecule is CC(C)CC(CP(=O)(O)CC(=O)N1CCC[C@H]1C(=O)O)NC(=O)c1ccccc1. The van der Waals surface area contributed by atoms with Gasteiger partial charge in [0, 0.05) is 24.3 Å². The molecule has 0 spiro atoms. The first-order valence-corrected chi connectivity index (χ1v) is 11.8. The molecule has 3 atom stereocenters. The van der Waals surface area contributed by atoms with Crippen molar-refractivity contribution in [3.05, 3.63) is 35.9 Å². The Kier molecular flexibility index (Phi) is 7.99. The lowest BCUT2D eigenvalue weighted by atomic mass is 10.0. The van der Waals surface area contributed by atoms with Gasteiger partial charge in [-0.05, 0) is 37.3 Å². The Morgan fingerprint density at radius 2 is 1.90 bits per heavy atom. The number of carbonyl (C=O) groups excluding carboxylic acids is 2. The van der Waals surface area contributed by atoms with Crippen molar-refractivity contribution in [2.24, 2.45) is 5.92 Å². The summed E-state index contributed by atoms with van der Waals surface area (Å²) in [7, 11) is -3.92. The van der Waals surface area contributed by atoms with E-state index in [1.807, 2.05) is 13.8 Å². The average molecular weight is 424 g/mol. The van der Waals surface area contributed by atoms with Crippen molar-refractivity contribution in [2.75, 3.05) is 18.9 Å². The second-order valence-electron chi connectivity index (χ2n) is 7.94. The molecule has 2 amide bonds. The first-order chi connectivity index (χ1) is 13.6. The number of rotatable bonds is 9. The van der Waals surface area contributed by atoms with Crippen LogP contribution in [0.25, 0.3) is 0 Å². The van der Waals surface area contributed by atoms with Gasteiger partial charge in [-0.15, -0.1) is 0 Å². The Labute approximate surface area is 170 Å². The van der Waals surface area contributed by atoms with Gasteiger partial charge in [-0.1, -0.05) is 32.0 Å². The highest BCUT2D eigenvalue weighted by atomic mass is 31.2. The molecule has 1 aliphatic rings. The highest BCUT2D eigenvalue weighted by molar-refractivity contribution is 7.59. The lowest BCUT2D eigenvalue weighted by molar-refractivity contribution is -0.147. The number of carbonyl (C=O) groups is 3. The van der Waals surface area contributed by atoms with Crippen LogP contribution < -0.4 is 5.32 Å². The standard InChI is InChI=1S/C20H29N2O6P/c1-14(2)11-16(21-19(24)15-7-4-3-5-8-15)12-29(27,28)13-18(23)22-10-6-9-17(22)20(25)26/h3-5,7-8,14,16-17H,6,9-13H2,1-2H3,(H,21,24)(H,25,26)(H,27,28)/t16?,17-/m0/s1. The smallest absolute Gasteiger partial charge is 0.326 e. The zero-order valence-corrected chi connectivity index (χ0v) is 17.7. The first-order valence-electron chi connectivity index (χ1n) is 9.78. The molecule has 0 aliphatic carbocycles. The van der Waals surface area contributed by atoms with E-state index in [4.69, 9.17) is 0 Å². The summed E-state index contributed by atoms with van der Waals surface area (Å²) in [6.07, 6.45) is 0.536. The molecule has 1 aliphatic heterocycles. The fourth-order valence-corrected chi connectivity index (χ4v) is 5.30. The Morgan fingerprint density at radius 3 is 2.48 bits per heavy atom. The van der Waals surface area contributed by atoms with E-state index in [0.29, 0.717) is 24.8 Å². The fourth-order valence-electron chi connectivity index (χ4n) is 3.64. The molecule has 1 aromatic carbocycles. The van der Waals surface area contributed by atoms with Crippen molar-refractivity contribution in [3.63, 3.8) is 0 Å². The largest absolute Gasteiger partial charge is 0.480 e. The lowest BCUT2D eigenvalue weighted by Gasteiger charge is -2.26. The van der Waals surface area contributed by atoms with Crippen molar-refractivity contribution in [2.45, 2.75) is 45.2 Å². The summed E-state index contributed by atoms with van der Waals surface area (Å²) >= 11 is 0. The van der Waals surface area contributed by atoms with Gasteiger partial charge in [-0.3, -0.25) is 14.2 Å². The summed E-state index contributed by atoms with van der Waals surface area (Å²) in [6.45, 7) is 4.16. The molecular weight excluding hydrogens is 395 g/mol. The average Bonchev–Trinajstić information content (AvgIpc) is 3.11. The number of aliphatic carboxylic acids is 1. The number of carboxylic acid groups (broad SMARTS) is 1. The number of likely N-dealkylation sites (tertiary alicyclic amines) is 1. The van der Waals surface area contributed by atoms with Crippen molar-refractivity contribution in [3.8, 4) is 0 Å². The van der Waals surface area contributed by atoms with Gasteiger partial charge < -0.3 is 20.2 Å². The van der Waals surface area contributed by atoms with Crippen LogP contribution in [0.5, 0.6) is 0 Å². The summed E-state index contributed by atoms with van der Waals surface area (Å²) in [4.78, 5) is 47.8. The summed E-state index contributed by atoms with van der Waals surface area (Å²) in [5, 5.41) is 12.0. The maximum Gasteiger partial charge on any atom is 0.326 e. The molecule has 9 heteroatoms. The van der Waals surface area contributed by atoms with Crippen LogP contribution in [-0.4, -0.2) is 63.6 Å². The summed E-state index contributed by atoms with van der Waals surface area (Å²) in [5.41, 5.74) is 0.450. The highest BCUT2D eigenvalue weighted by Crippen LogP contribution is 2.42. The van der Waals surface area contributed by atoms with E-state index in [-0.39, 0.29) is 24.5 Å². The van der Waals surface area contributed by atoms with Crippen LogP contribution in [0.3, 0.4) is 0 Å². The molecule has 2 unspecified atom stereocenters. The molecule has 0 saturated carbocycles. The van der Waals surface area contributed by atoms with Crippen LogP contribution >= 0.6 is 7.37 Å². The molecule has 3 N–H and O–H groups in total. The molecule has 29 heavy (non-hydrogen) atoms. The molecule has 0 aromatic heterocycles. The number of carboxylic acids is 1. The molecule has 0 bridgehead atoms. The van der Waals surface area contributed by atoms with E-state index in [1.165, 1.54) is 4.90 Å². The fraction of sp³-hybridized carbons (Fsp3) is 0.550. The van der Waals surface area contributed by atoms with Crippen LogP contribution in [0.1, 0.15) is 43.5 Å². The second-order valence-corrected chi connectivity index (χ2v) is 10.3. The monoisotopic (exact) mass is 424 g/mol. The van der Waals surface area contributed by atoms with Crippen LogP contribution in [0.2, 0.25) is 0 Å². The predicted molar refractivity (Wildman–Crippen MR) is 109 cm³/mol. The second kappa shape index (κ2) is 10.0. The van der Waals surface area contributed by atoms with Crippen LogP contribution in [-0.2, 0) is 14.2 Å². The summed E-state index contributed by atoms with van der Waals surface area (Å²) in [5.74, 6) is -1.90. The van der Waals surface area contributed by atoms with Crippen LogP contribution in [0, 0.1) is 5.92 Å². The first kappa shape index (κ1) is 23.1. The zero-order chi connectivity index (χ0) is 21.6. The number of hydrogen-bond acceptors (Lipinski definition) is 4. The third kappa shape index (κ3) is 6.98. The van der Waals surface area contributed by atoms with Gasteiger partial charge in [0.1, 0.15) is 12.2 Å². The maximum atomic E-state index is 12.8. The van der Waals surface area contributed by atoms with E-state index in [0.717, 1.165) is 0 Å². The number of hydrogen-bond donors (Lipinski definition) is 3. The minimum atomic E-state index is -3.92. The minimum absolute atomic E-state index is 0.168. The van der Waals surface area contributed by atoms with Crippen LogP contribution in [0.15, 0.2) is 30.3 Å². The van der Waals surface area contributed by atoms with Gasteiger partial charge in [-0.2, -0.15) is 0 Å². The van der Waals surface area contributed by atoms with E-state index in [9.17, 15) is 28.9 Å². The van der Waals surface area contributed by atoms with Crippen LogP contribution in [0.4, 0.5) is 0 Å². The molecule has 2 rings (SSSR count).